The van der Waals surface area contributed by atoms with E-state index in [-0.39, 0.29) is 42.8 Å². The molecule has 0 unspecified atom stereocenters. The van der Waals surface area contributed by atoms with Crippen molar-refractivity contribution in [2.24, 2.45) is 0 Å². The highest BCUT2D eigenvalue weighted by atomic mass is 35.5. The van der Waals surface area contributed by atoms with Gasteiger partial charge in [0.25, 0.3) is 5.91 Å². The molecule has 2 saturated heterocycles. The topological polar surface area (TPSA) is 97.0 Å². The lowest BCUT2D eigenvalue weighted by Crippen LogP contribution is -2.57. The molecule has 3 N–H and O–H groups in total. The van der Waals surface area contributed by atoms with Gasteiger partial charge in [-0.25, -0.2) is 8.78 Å². The van der Waals surface area contributed by atoms with Crippen LogP contribution in [0.5, 0.6) is 0 Å². The molecule has 240 valence electrons. The number of hydrogen-bond acceptors (Lipinski definition) is 6. The van der Waals surface area contributed by atoms with Crippen LogP contribution >= 0.6 is 11.6 Å². The van der Waals surface area contributed by atoms with Crippen molar-refractivity contribution in [1.82, 2.24) is 20.4 Å². The second-order valence-electron chi connectivity index (χ2n) is 10.9. The molecule has 0 bridgehead atoms. The SMILES string of the molecule is CC(=O)N1CCN[C@@H](C(=O)NCc2ccc(C(=O)Nc3ccc(Cl)cc3N3CCN(CCC(F)(F)F)C[C@H]3C)c(F)c2F)C1. The Kier molecular flexibility index (Phi) is 10.7. The van der Waals surface area contributed by atoms with Gasteiger partial charge in [0.1, 0.15) is 6.04 Å². The van der Waals surface area contributed by atoms with Gasteiger partial charge in [-0.15, -0.1) is 0 Å². The highest BCUT2D eigenvalue weighted by Gasteiger charge is 2.32. The van der Waals surface area contributed by atoms with Gasteiger partial charge in [0.2, 0.25) is 11.8 Å². The third-order valence-electron chi connectivity index (χ3n) is 7.74. The van der Waals surface area contributed by atoms with Crippen LogP contribution in [0.15, 0.2) is 30.3 Å². The van der Waals surface area contributed by atoms with E-state index in [9.17, 15) is 31.9 Å². The zero-order chi connectivity index (χ0) is 32.2. The fourth-order valence-electron chi connectivity index (χ4n) is 5.34. The summed E-state index contributed by atoms with van der Waals surface area (Å²) >= 11 is 6.22. The number of hydrogen-bond donors (Lipinski definition) is 3. The van der Waals surface area contributed by atoms with Gasteiger partial charge >= 0.3 is 6.18 Å². The van der Waals surface area contributed by atoms with Crippen LogP contribution < -0.4 is 20.9 Å². The van der Waals surface area contributed by atoms with Crippen molar-refractivity contribution in [3.8, 4) is 0 Å². The Balaban J connectivity index is 1.42. The Morgan fingerprint density at radius 2 is 1.80 bits per heavy atom. The van der Waals surface area contributed by atoms with E-state index in [1.54, 1.807) is 11.0 Å². The quantitative estimate of drug-likeness (QED) is 0.379. The maximum absolute atomic E-state index is 15.1. The van der Waals surface area contributed by atoms with E-state index in [1.807, 2.05) is 11.8 Å². The van der Waals surface area contributed by atoms with E-state index in [0.717, 1.165) is 6.07 Å². The van der Waals surface area contributed by atoms with Crippen LogP contribution in [0.3, 0.4) is 0 Å². The highest BCUT2D eigenvalue weighted by Crippen LogP contribution is 2.33. The van der Waals surface area contributed by atoms with Crippen LogP contribution in [-0.4, -0.2) is 91.6 Å². The molecule has 0 aliphatic carbocycles. The molecule has 0 radical (unpaired) electrons. The summed E-state index contributed by atoms with van der Waals surface area (Å²) in [5.74, 6) is -4.26. The summed E-state index contributed by atoms with van der Waals surface area (Å²) in [7, 11) is 0. The van der Waals surface area contributed by atoms with Crippen LogP contribution in [0.25, 0.3) is 0 Å². The van der Waals surface area contributed by atoms with Crippen LogP contribution in [0, 0.1) is 11.6 Å². The first-order valence-electron chi connectivity index (χ1n) is 14.1. The van der Waals surface area contributed by atoms with Crippen molar-refractivity contribution in [2.45, 2.75) is 45.1 Å². The fraction of sp³-hybridized carbons (Fsp3) is 0.483. The summed E-state index contributed by atoms with van der Waals surface area (Å²) in [6.07, 6.45) is -5.17. The zero-order valence-electron chi connectivity index (χ0n) is 24.2. The number of alkyl halides is 3. The maximum Gasteiger partial charge on any atom is 0.390 e. The monoisotopic (exact) mass is 644 g/mol. The molecule has 2 aromatic carbocycles. The van der Waals surface area contributed by atoms with Gasteiger partial charge in [-0.2, -0.15) is 13.2 Å². The number of carbonyl (C=O) groups is 3. The summed E-state index contributed by atoms with van der Waals surface area (Å²) < 4.78 is 68.1. The smallest absolute Gasteiger partial charge is 0.365 e. The molecule has 4 rings (SSSR count). The number of carbonyl (C=O) groups excluding carboxylic acids is 3. The maximum atomic E-state index is 15.1. The van der Waals surface area contributed by atoms with Crippen LogP contribution in [-0.2, 0) is 16.1 Å². The molecule has 2 fully saturated rings. The van der Waals surface area contributed by atoms with Crippen LogP contribution in [0.4, 0.5) is 33.3 Å². The average Bonchev–Trinajstić information content (AvgIpc) is 2.97. The third-order valence-corrected chi connectivity index (χ3v) is 7.97. The Bertz CT molecular complexity index is 1390. The van der Waals surface area contributed by atoms with Crippen molar-refractivity contribution in [1.29, 1.82) is 0 Å². The van der Waals surface area contributed by atoms with Crippen molar-refractivity contribution >= 4 is 40.7 Å². The lowest BCUT2D eigenvalue weighted by Gasteiger charge is -2.42. The molecule has 2 aromatic rings. The molecule has 0 aromatic heterocycles. The zero-order valence-corrected chi connectivity index (χ0v) is 25.0. The van der Waals surface area contributed by atoms with Gasteiger partial charge in [-0.3, -0.25) is 19.3 Å². The van der Waals surface area contributed by atoms with E-state index >= 15 is 4.39 Å². The minimum atomic E-state index is -4.25. The van der Waals surface area contributed by atoms with Gasteiger partial charge in [0.15, 0.2) is 11.6 Å². The Morgan fingerprint density at radius 1 is 1.05 bits per heavy atom. The normalized spacial score (nSPS) is 19.5. The molecular weight excluding hydrogens is 611 g/mol. The third kappa shape index (κ3) is 8.36. The summed E-state index contributed by atoms with van der Waals surface area (Å²) in [5, 5.41) is 8.47. The number of nitrogens with zero attached hydrogens (tertiary/aromatic N) is 3. The molecule has 0 saturated carbocycles. The minimum Gasteiger partial charge on any atom is -0.365 e. The number of amides is 3. The van der Waals surface area contributed by atoms with Crippen molar-refractivity contribution in [3.63, 3.8) is 0 Å². The number of nitrogens with one attached hydrogen (secondary N) is 3. The van der Waals surface area contributed by atoms with Gasteiger partial charge < -0.3 is 25.8 Å². The number of rotatable bonds is 8. The molecule has 2 aliphatic rings. The Morgan fingerprint density at radius 3 is 2.48 bits per heavy atom. The van der Waals surface area contributed by atoms with Crippen LogP contribution in [0.2, 0.25) is 5.02 Å². The van der Waals surface area contributed by atoms with Gasteiger partial charge in [0.05, 0.1) is 23.4 Å². The predicted molar refractivity (Wildman–Crippen MR) is 156 cm³/mol. The molecule has 9 nitrogen and oxygen atoms in total. The molecule has 0 spiro atoms. The lowest BCUT2D eigenvalue weighted by molar-refractivity contribution is -0.138. The first kappa shape index (κ1) is 33.4. The average molecular weight is 645 g/mol. The molecule has 15 heteroatoms. The largest absolute Gasteiger partial charge is 0.390 e. The Labute approximate surface area is 256 Å². The first-order chi connectivity index (χ1) is 20.7. The van der Waals surface area contributed by atoms with E-state index in [1.165, 1.54) is 30.0 Å². The van der Waals surface area contributed by atoms with Crippen molar-refractivity contribution < 1.29 is 36.3 Å². The van der Waals surface area contributed by atoms with Crippen LogP contribution in [0.1, 0.15) is 36.2 Å². The summed E-state index contributed by atoms with van der Waals surface area (Å²) in [6, 6.07) is 6.01. The minimum absolute atomic E-state index is 0.124. The first-order valence-corrected chi connectivity index (χ1v) is 14.5. The van der Waals surface area contributed by atoms with E-state index in [4.69, 9.17) is 11.6 Å². The molecule has 2 heterocycles. The number of benzene rings is 2. The number of halogens is 6. The number of piperazine rings is 2. The number of anilines is 2. The molecular formula is C29H34ClF5N6O3. The highest BCUT2D eigenvalue weighted by molar-refractivity contribution is 6.31. The fourth-order valence-corrected chi connectivity index (χ4v) is 5.50. The summed E-state index contributed by atoms with van der Waals surface area (Å²) in [6.45, 7) is 4.85. The molecule has 2 atom stereocenters. The molecule has 3 amide bonds. The summed E-state index contributed by atoms with van der Waals surface area (Å²) in [5.41, 5.74) is 0.0324. The second kappa shape index (κ2) is 14.1. The predicted octanol–water partition coefficient (Wildman–Crippen LogP) is 3.77. The van der Waals surface area contributed by atoms with E-state index < -0.39 is 47.7 Å². The van der Waals surface area contributed by atoms with Gasteiger partial charge in [-0.1, -0.05) is 17.7 Å². The van der Waals surface area contributed by atoms with Gasteiger partial charge in [0, 0.05) is 75.9 Å². The van der Waals surface area contributed by atoms with Crippen molar-refractivity contribution in [3.05, 3.63) is 58.1 Å². The second-order valence-corrected chi connectivity index (χ2v) is 11.3. The lowest BCUT2D eigenvalue weighted by atomic mass is 10.1. The standard InChI is InChI=1S/C29H34ClF5N6O3/c1-17-15-39(9-7-29(33,34)35)11-12-41(17)24-13-20(30)4-6-22(24)38-27(43)21-5-3-19(25(31)26(21)32)14-37-28(44)23-16-40(18(2)42)10-8-36-23/h3-6,13,17,23,36H,7-12,14-16H2,1-2H3,(H,37,44)(H,38,43)/t17-,23-/m1/s1. The van der Waals surface area contributed by atoms with E-state index in [2.05, 4.69) is 16.0 Å². The van der Waals surface area contributed by atoms with E-state index in [0.29, 0.717) is 43.4 Å². The van der Waals surface area contributed by atoms with Crippen molar-refractivity contribution in [2.75, 3.05) is 56.0 Å². The van der Waals surface area contributed by atoms with Gasteiger partial charge in [-0.05, 0) is 31.2 Å². The Hall–Kier alpha value is -3.49. The molecule has 2 aliphatic heterocycles. The molecule has 44 heavy (non-hydrogen) atoms. The summed E-state index contributed by atoms with van der Waals surface area (Å²) in [4.78, 5) is 42.4.